The lowest BCUT2D eigenvalue weighted by Crippen LogP contribution is -2.34. The van der Waals surface area contributed by atoms with Crippen molar-refractivity contribution >= 4 is 23.2 Å². The fourth-order valence-electron chi connectivity index (χ4n) is 2.05. The molecule has 0 aliphatic heterocycles. The fourth-order valence-corrected chi connectivity index (χ4v) is 3.15. The summed E-state index contributed by atoms with van der Waals surface area (Å²) in [4.78, 5) is 37.2. The first-order valence-corrected chi connectivity index (χ1v) is 7.78. The summed E-state index contributed by atoms with van der Waals surface area (Å²) in [6.07, 6.45) is 5.10. The predicted octanol–water partition coefficient (Wildman–Crippen LogP) is 1.76. The molecule has 0 spiro atoms. The molecule has 1 N–H and O–H groups in total. The maximum Gasteiger partial charge on any atom is 0.265 e. The Morgan fingerprint density at radius 1 is 1.35 bits per heavy atom. The second kappa shape index (κ2) is 7.07. The Balaban J connectivity index is 2.36. The van der Waals surface area contributed by atoms with Crippen molar-refractivity contribution in [2.75, 3.05) is 6.54 Å². The van der Waals surface area contributed by atoms with E-state index in [2.05, 4.69) is 11.2 Å². The first kappa shape index (κ1) is 16.7. The van der Waals surface area contributed by atoms with Crippen molar-refractivity contribution in [3.8, 4) is 12.3 Å². The van der Waals surface area contributed by atoms with Gasteiger partial charge in [0.15, 0.2) is 0 Å². The molecule has 1 heterocycles. The summed E-state index contributed by atoms with van der Waals surface area (Å²) in [6, 6.07) is 8.00. The lowest BCUT2D eigenvalue weighted by Gasteiger charge is -2.10. The number of amides is 1. The van der Waals surface area contributed by atoms with E-state index in [1.165, 1.54) is 3.96 Å². The van der Waals surface area contributed by atoms with Crippen LogP contribution in [0.1, 0.15) is 33.8 Å². The number of benzene rings is 1. The van der Waals surface area contributed by atoms with Gasteiger partial charge in [0.1, 0.15) is 10.9 Å². The molecule has 1 amide bonds. The number of nitrogens with one attached hydrogen (secondary N) is 1. The van der Waals surface area contributed by atoms with Crippen molar-refractivity contribution in [1.82, 2.24) is 9.27 Å². The van der Waals surface area contributed by atoms with E-state index in [0.717, 1.165) is 11.5 Å². The minimum atomic E-state index is -0.725. The summed E-state index contributed by atoms with van der Waals surface area (Å²) in [7, 11) is 0. The van der Waals surface area contributed by atoms with Crippen LogP contribution in [-0.2, 0) is 4.79 Å². The normalized spacial score (nSPS) is 11.5. The largest absolute Gasteiger partial charge is 0.343 e. The highest BCUT2D eigenvalue weighted by atomic mass is 32.1. The molecule has 6 heteroatoms. The Kier molecular flexibility index (Phi) is 5.14. The molecule has 1 unspecified atom stereocenters. The molecule has 0 radical (unpaired) electrons. The third-order valence-electron chi connectivity index (χ3n) is 3.39. The van der Waals surface area contributed by atoms with Crippen molar-refractivity contribution in [2.45, 2.75) is 19.9 Å². The number of aromatic nitrogens is 1. The van der Waals surface area contributed by atoms with Crippen molar-refractivity contribution in [3.63, 3.8) is 0 Å². The molecule has 2 aromatic rings. The van der Waals surface area contributed by atoms with Gasteiger partial charge >= 0.3 is 0 Å². The molecule has 0 aliphatic carbocycles. The van der Waals surface area contributed by atoms with Crippen LogP contribution < -0.4 is 10.9 Å². The van der Waals surface area contributed by atoms with E-state index >= 15 is 0 Å². The number of carbonyl (C=O) groups is 2. The van der Waals surface area contributed by atoms with Crippen molar-refractivity contribution < 1.29 is 9.59 Å². The van der Waals surface area contributed by atoms with Crippen molar-refractivity contribution in [2.24, 2.45) is 0 Å². The zero-order valence-electron chi connectivity index (χ0n) is 12.8. The third kappa shape index (κ3) is 3.41. The van der Waals surface area contributed by atoms with Gasteiger partial charge in [-0.05, 0) is 13.8 Å². The van der Waals surface area contributed by atoms with Crippen LogP contribution in [0.15, 0.2) is 35.1 Å². The van der Waals surface area contributed by atoms with Crippen molar-refractivity contribution in [3.05, 3.63) is 56.7 Å². The Labute approximate surface area is 138 Å². The molecule has 1 aromatic carbocycles. The quantitative estimate of drug-likeness (QED) is 0.672. The Morgan fingerprint density at radius 3 is 2.61 bits per heavy atom. The molecule has 1 aromatic heterocycles. The topological polar surface area (TPSA) is 68.2 Å². The lowest BCUT2D eigenvalue weighted by molar-refractivity contribution is -0.123. The molecule has 0 saturated carbocycles. The molecule has 5 nitrogen and oxygen atoms in total. The van der Waals surface area contributed by atoms with E-state index in [0.29, 0.717) is 16.0 Å². The highest BCUT2D eigenvalue weighted by molar-refractivity contribution is 7.09. The van der Waals surface area contributed by atoms with Crippen LogP contribution in [0.2, 0.25) is 0 Å². The maximum atomic E-state index is 12.5. The molecule has 1 atom stereocenters. The first-order valence-electron chi connectivity index (χ1n) is 7.00. The van der Waals surface area contributed by atoms with Crippen LogP contribution in [0.4, 0.5) is 0 Å². The summed E-state index contributed by atoms with van der Waals surface area (Å²) >= 11 is 1.00. The van der Waals surface area contributed by atoms with E-state index in [1.54, 1.807) is 38.1 Å². The van der Waals surface area contributed by atoms with E-state index in [9.17, 15) is 14.4 Å². The van der Waals surface area contributed by atoms with Crippen LogP contribution in [0.25, 0.3) is 0 Å². The van der Waals surface area contributed by atoms with Gasteiger partial charge in [-0.2, -0.15) is 0 Å². The molecular formula is C17H16N2O3S. The molecule has 2 rings (SSSR count). The number of rotatable bonds is 5. The van der Waals surface area contributed by atoms with Gasteiger partial charge in [0.25, 0.3) is 5.56 Å². The SMILES string of the molecule is C#CCNC(=O)C(C)n1sc(C(=O)c2ccccc2)c(C)c1=O. The summed E-state index contributed by atoms with van der Waals surface area (Å²) in [5.41, 5.74) is 0.520. The summed E-state index contributed by atoms with van der Waals surface area (Å²) < 4.78 is 1.30. The average molecular weight is 328 g/mol. The van der Waals surface area contributed by atoms with E-state index < -0.39 is 6.04 Å². The molecule has 23 heavy (non-hydrogen) atoms. The molecule has 0 bridgehead atoms. The number of hydrogen-bond acceptors (Lipinski definition) is 4. The van der Waals surface area contributed by atoms with Crippen LogP contribution in [0.5, 0.6) is 0 Å². The zero-order chi connectivity index (χ0) is 17.0. The number of carbonyl (C=O) groups excluding carboxylic acids is 2. The maximum absolute atomic E-state index is 12.5. The van der Waals surface area contributed by atoms with E-state index in [-0.39, 0.29) is 23.8 Å². The van der Waals surface area contributed by atoms with Crippen LogP contribution in [-0.4, -0.2) is 22.2 Å². The molecular weight excluding hydrogens is 312 g/mol. The number of terminal acetylenes is 1. The van der Waals surface area contributed by atoms with E-state index in [1.807, 2.05) is 6.07 Å². The zero-order valence-corrected chi connectivity index (χ0v) is 13.6. The summed E-state index contributed by atoms with van der Waals surface area (Å²) in [5, 5.41) is 2.53. The first-order chi connectivity index (χ1) is 11.0. The van der Waals surface area contributed by atoms with Gasteiger partial charge in [-0.25, -0.2) is 0 Å². The van der Waals surface area contributed by atoms with Gasteiger partial charge in [0.05, 0.1) is 6.54 Å². The lowest BCUT2D eigenvalue weighted by atomic mass is 10.1. The highest BCUT2D eigenvalue weighted by Crippen LogP contribution is 2.20. The predicted molar refractivity (Wildman–Crippen MR) is 89.7 cm³/mol. The number of nitrogens with zero attached hydrogens (tertiary/aromatic N) is 1. The molecule has 118 valence electrons. The average Bonchev–Trinajstić information content (AvgIpc) is 2.87. The number of ketones is 1. The minimum absolute atomic E-state index is 0.0953. The second-order valence-corrected chi connectivity index (χ2v) is 5.95. The van der Waals surface area contributed by atoms with Crippen LogP contribution >= 0.6 is 11.5 Å². The molecule has 0 fully saturated rings. The van der Waals surface area contributed by atoms with Crippen LogP contribution in [0.3, 0.4) is 0 Å². The second-order valence-electron chi connectivity index (χ2n) is 4.97. The van der Waals surface area contributed by atoms with Gasteiger partial charge in [-0.3, -0.25) is 18.3 Å². The summed E-state index contributed by atoms with van der Waals surface area (Å²) in [6.45, 7) is 3.29. The van der Waals surface area contributed by atoms with Crippen LogP contribution in [0, 0.1) is 19.3 Å². The standard InChI is InChI=1S/C17H16N2O3S/c1-4-10-18-16(21)12(3)19-17(22)11(2)15(23-19)14(20)13-8-6-5-7-9-13/h1,5-9,12H,10H2,2-3H3,(H,18,21). The molecule has 0 aliphatic rings. The van der Waals surface area contributed by atoms with Gasteiger partial charge in [0.2, 0.25) is 11.7 Å². The minimum Gasteiger partial charge on any atom is -0.343 e. The number of hydrogen-bond donors (Lipinski definition) is 1. The Bertz CT molecular complexity index is 828. The van der Waals surface area contributed by atoms with E-state index in [4.69, 9.17) is 6.42 Å². The highest BCUT2D eigenvalue weighted by Gasteiger charge is 2.24. The Morgan fingerprint density at radius 2 is 2.00 bits per heavy atom. The summed E-state index contributed by atoms with van der Waals surface area (Å²) in [5.74, 6) is 1.73. The monoisotopic (exact) mass is 328 g/mol. The Hall–Kier alpha value is -2.65. The third-order valence-corrected chi connectivity index (χ3v) is 4.74. The van der Waals surface area contributed by atoms with Gasteiger partial charge < -0.3 is 5.32 Å². The van der Waals surface area contributed by atoms with Gasteiger partial charge in [0, 0.05) is 11.1 Å². The molecule has 0 saturated heterocycles. The van der Waals surface area contributed by atoms with Gasteiger partial charge in [-0.15, -0.1) is 6.42 Å². The van der Waals surface area contributed by atoms with Gasteiger partial charge in [-0.1, -0.05) is 47.8 Å². The fraction of sp³-hybridized carbons (Fsp3) is 0.235. The van der Waals surface area contributed by atoms with Crippen molar-refractivity contribution in [1.29, 1.82) is 0 Å². The smallest absolute Gasteiger partial charge is 0.265 e.